The van der Waals surface area contributed by atoms with Crippen molar-refractivity contribution in [2.24, 2.45) is 0 Å². The quantitative estimate of drug-likeness (QED) is 0.836. The molecule has 0 radical (unpaired) electrons. The molecule has 1 fully saturated rings. The molecule has 1 aromatic rings. The zero-order valence-corrected chi connectivity index (χ0v) is 12.5. The molecule has 0 heterocycles. The fraction of sp³-hybridized carbons (Fsp3) is 0.562. The monoisotopic (exact) mass is 276 g/mol. The molecule has 2 N–H and O–H groups in total. The van der Waals surface area contributed by atoms with Gasteiger partial charge in [0.05, 0.1) is 13.7 Å². The summed E-state index contributed by atoms with van der Waals surface area (Å²) in [4.78, 5) is 11.6. The smallest absolute Gasteiger partial charge is 0.234 e. The van der Waals surface area contributed by atoms with E-state index in [0.717, 1.165) is 18.6 Å². The van der Waals surface area contributed by atoms with Crippen molar-refractivity contribution >= 4 is 5.91 Å². The average molecular weight is 276 g/mol. The van der Waals surface area contributed by atoms with E-state index in [1.165, 1.54) is 5.56 Å². The van der Waals surface area contributed by atoms with Gasteiger partial charge in [-0.15, -0.1) is 0 Å². The highest BCUT2D eigenvalue weighted by molar-refractivity contribution is 5.78. The molecule has 0 aliphatic heterocycles. The first-order valence-electron chi connectivity index (χ1n) is 7.25. The minimum absolute atomic E-state index is 0.0701. The second-order valence-electron chi connectivity index (χ2n) is 5.71. The van der Waals surface area contributed by atoms with Gasteiger partial charge in [0, 0.05) is 12.1 Å². The van der Waals surface area contributed by atoms with Crippen LogP contribution in [0.3, 0.4) is 0 Å². The minimum atomic E-state index is 0.0701. The molecule has 2 rings (SSSR count). The Bertz CT molecular complexity index is 454. The van der Waals surface area contributed by atoms with Crippen LogP contribution in [0.5, 0.6) is 5.75 Å². The molecule has 1 amide bonds. The molecule has 1 aliphatic carbocycles. The van der Waals surface area contributed by atoms with Gasteiger partial charge in [-0.1, -0.05) is 18.2 Å². The van der Waals surface area contributed by atoms with E-state index < -0.39 is 0 Å². The number of carbonyl (C=O) groups excluding carboxylic acids is 1. The Morgan fingerprint density at radius 3 is 2.70 bits per heavy atom. The lowest BCUT2D eigenvalue weighted by atomic mass is 9.75. The number of hydrogen-bond acceptors (Lipinski definition) is 3. The van der Waals surface area contributed by atoms with Crippen molar-refractivity contribution in [3.8, 4) is 5.75 Å². The topological polar surface area (TPSA) is 50.4 Å². The SMILES string of the molecule is COc1ccccc1C1CC(NCC(=O)NC(C)C)C1. The fourth-order valence-corrected chi connectivity index (χ4v) is 2.65. The molecule has 0 aromatic heterocycles. The van der Waals surface area contributed by atoms with Gasteiger partial charge in [0.1, 0.15) is 5.75 Å². The number of methoxy groups -OCH3 is 1. The van der Waals surface area contributed by atoms with E-state index in [-0.39, 0.29) is 11.9 Å². The average Bonchev–Trinajstić information content (AvgIpc) is 2.36. The number of para-hydroxylation sites is 1. The van der Waals surface area contributed by atoms with Gasteiger partial charge < -0.3 is 15.4 Å². The van der Waals surface area contributed by atoms with Crippen molar-refractivity contribution in [3.05, 3.63) is 29.8 Å². The van der Waals surface area contributed by atoms with Gasteiger partial charge in [0.15, 0.2) is 0 Å². The lowest BCUT2D eigenvalue weighted by Crippen LogP contribution is -2.46. The van der Waals surface area contributed by atoms with E-state index in [4.69, 9.17) is 4.74 Å². The van der Waals surface area contributed by atoms with Crippen LogP contribution in [0.2, 0.25) is 0 Å². The van der Waals surface area contributed by atoms with E-state index in [2.05, 4.69) is 22.8 Å². The van der Waals surface area contributed by atoms with E-state index >= 15 is 0 Å². The van der Waals surface area contributed by atoms with Crippen LogP contribution in [0.1, 0.15) is 38.2 Å². The highest BCUT2D eigenvalue weighted by Crippen LogP contribution is 2.40. The Morgan fingerprint density at radius 2 is 2.05 bits per heavy atom. The summed E-state index contributed by atoms with van der Waals surface area (Å²) in [5.74, 6) is 1.58. The third-order valence-corrected chi connectivity index (χ3v) is 3.72. The molecule has 0 spiro atoms. The van der Waals surface area contributed by atoms with Gasteiger partial charge >= 0.3 is 0 Å². The Balaban J connectivity index is 1.76. The molecule has 4 heteroatoms. The van der Waals surface area contributed by atoms with Gasteiger partial charge in [0.2, 0.25) is 5.91 Å². The van der Waals surface area contributed by atoms with E-state index in [0.29, 0.717) is 18.5 Å². The Hall–Kier alpha value is -1.55. The molecule has 0 unspecified atom stereocenters. The molecule has 0 atom stereocenters. The number of ether oxygens (including phenoxy) is 1. The van der Waals surface area contributed by atoms with Crippen molar-refractivity contribution < 1.29 is 9.53 Å². The Labute approximate surface area is 120 Å². The second-order valence-corrected chi connectivity index (χ2v) is 5.71. The summed E-state index contributed by atoms with van der Waals surface area (Å²) >= 11 is 0. The number of amides is 1. The number of benzene rings is 1. The highest BCUT2D eigenvalue weighted by atomic mass is 16.5. The zero-order chi connectivity index (χ0) is 14.5. The van der Waals surface area contributed by atoms with E-state index in [9.17, 15) is 4.79 Å². The molecule has 1 aromatic carbocycles. The van der Waals surface area contributed by atoms with Gasteiger partial charge in [0.25, 0.3) is 0 Å². The highest BCUT2D eigenvalue weighted by Gasteiger charge is 2.31. The summed E-state index contributed by atoms with van der Waals surface area (Å²) in [6.07, 6.45) is 2.13. The third kappa shape index (κ3) is 3.73. The molecule has 0 saturated heterocycles. The number of rotatable bonds is 6. The van der Waals surface area contributed by atoms with Crippen LogP contribution >= 0.6 is 0 Å². The first-order chi connectivity index (χ1) is 9.60. The fourth-order valence-electron chi connectivity index (χ4n) is 2.65. The molecule has 1 saturated carbocycles. The van der Waals surface area contributed by atoms with Crippen molar-refractivity contribution in [2.45, 2.75) is 44.7 Å². The van der Waals surface area contributed by atoms with E-state index in [1.807, 2.05) is 26.0 Å². The largest absolute Gasteiger partial charge is 0.496 e. The molecule has 1 aliphatic rings. The lowest BCUT2D eigenvalue weighted by molar-refractivity contribution is -0.121. The first-order valence-corrected chi connectivity index (χ1v) is 7.25. The predicted octanol–water partition coefficient (Wildman–Crippen LogP) is 2.06. The molecule has 20 heavy (non-hydrogen) atoms. The predicted molar refractivity (Wildman–Crippen MR) is 80.0 cm³/mol. The maximum Gasteiger partial charge on any atom is 0.234 e. The molecule has 0 bridgehead atoms. The van der Waals surface area contributed by atoms with Crippen LogP contribution in [0.25, 0.3) is 0 Å². The maximum atomic E-state index is 11.6. The standard InChI is InChI=1S/C16H24N2O2/c1-11(2)18-16(19)10-17-13-8-12(9-13)14-6-4-5-7-15(14)20-3/h4-7,11-13,17H,8-10H2,1-3H3,(H,18,19). The molecule has 4 nitrogen and oxygen atoms in total. The molecular formula is C16H24N2O2. The van der Waals surface area contributed by atoms with Crippen molar-refractivity contribution in [1.82, 2.24) is 10.6 Å². The van der Waals surface area contributed by atoms with Gasteiger partial charge in [-0.25, -0.2) is 0 Å². The normalized spacial score (nSPS) is 21.4. The van der Waals surface area contributed by atoms with Crippen LogP contribution in [0.4, 0.5) is 0 Å². The van der Waals surface area contributed by atoms with Crippen LogP contribution < -0.4 is 15.4 Å². The maximum absolute atomic E-state index is 11.6. The Morgan fingerprint density at radius 1 is 1.35 bits per heavy atom. The number of nitrogens with one attached hydrogen (secondary N) is 2. The summed E-state index contributed by atoms with van der Waals surface area (Å²) < 4.78 is 5.39. The van der Waals surface area contributed by atoms with Crippen LogP contribution in [0, 0.1) is 0 Å². The first kappa shape index (κ1) is 14.9. The summed E-state index contributed by atoms with van der Waals surface area (Å²) in [5, 5.41) is 6.19. The summed E-state index contributed by atoms with van der Waals surface area (Å²) in [7, 11) is 1.71. The summed E-state index contributed by atoms with van der Waals surface area (Å²) in [6.45, 7) is 4.35. The van der Waals surface area contributed by atoms with Crippen LogP contribution in [0.15, 0.2) is 24.3 Å². The summed E-state index contributed by atoms with van der Waals surface area (Å²) in [5.41, 5.74) is 1.28. The molecule has 110 valence electrons. The second kappa shape index (κ2) is 6.75. The lowest BCUT2D eigenvalue weighted by Gasteiger charge is -2.36. The molecular weight excluding hydrogens is 252 g/mol. The van der Waals surface area contributed by atoms with Gasteiger partial charge in [-0.2, -0.15) is 0 Å². The van der Waals surface area contributed by atoms with Crippen LogP contribution in [-0.2, 0) is 4.79 Å². The van der Waals surface area contributed by atoms with Gasteiger partial charge in [-0.05, 0) is 44.2 Å². The van der Waals surface area contributed by atoms with Gasteiger partial charge in [-0.3, -0.25) is 4.79 Å². The summed E-state index contributed by atoms with van der Waals surface area (Å²) in [6, 6.07) is 8.81. The minimum Gasteiger partial charge on any atom is -0.496 e. The number of hydrogen-bond donors (Lipinski definition) is 2. The number of carbonyl (C=O) groups is 1. The third-order valence-electron chi connectivity index (χ3n) is 3.72. The van der Waals surface area contributed by atoms with Crippen LogP contribution in [-0.4, -0.2) is 31.6 Å². The van der Waals surface area contributed by atoms with Crippen molar-refractivity contribution in [2.75, 3.05) is 13.7 Å². The Kier molecular flexibility index (Phi) is 5.01. The zero-order valence-electron chi connectivity index (χ0n) is 12.5. The van der Waals surface area contributed by atoms with Crippen molar-refractivity contribution in [3.63, 3.8) is 0 Å². The van der Waals surface area contributed by atoms with E-state index in [1.54, 1.807) is 7.11 Å². The van der Waals surface area contributed by atoms with Crippen molar-refractivity contribution in [1.29, 1.82) is 0 Å².